The summed E-state index contributed by atoms with van der Waals surface area (Å²) in [5.41, 5.74) is 9.03. The van der Waals surface area contributed by atoms with Gasteiger partial charge in [-0.15, -0.1) is 5.10 Å². The Bertz CT molecular complexity index is 486. The summed E-state index contributed by atoms with van der Waals surface area (Å²) in [7, 11) is 1.80. The number of rotatable bonds is 1. The number of nitrogen functional groups attached to an aromatic ring is 1. The van der Waals surface area contributed by atoms with Crippen molar-refractivity contribution in [3.63, 3.8) is 0 Å². The topological polar surface area (TPSA) is 69.6 Å². The van der Waals surface area contributed by atoms with Crippen LogP contribution in [0.1, 0.15) is 5.56 Å². The molecule has 2 aromatic heterocycles. The molecule has 2 aromatic rings. The van der Waals surface area contributed by atoms with Crippen molar-refractivity contribution >= 4 is 21.6 Å². The maximum absolute atomic E-state index is 5.90. The lowest BCUT2D eigenvalue weighted by Gasteiger charge is -2.05. The van der Waals surface area contributed by atoms with Gasteiger partial charge in [0.15, 0.2) is 4.60 Å². The third-order valence-corrected chi connectivity index (χ3v) is 2.60. The Morgan fingerprint density at radius 3 is 2.73 bits per heavy atom. The monoisotopic (exact) mass is 267 g/mol. The molecule has 2 heterocycles. The maximum Gasteiger partial charge on any atom is 0.158 e. The Labute approximate surface area is 95.4 Å². The molecule has 5 nitrogen and oxygen atoms in total. The van der Waals surface area contributed by atoms with Gasteiger partial charge >= 0.3 is 0 Å². The van der Waals surface area contributed by atoms with Crippen molar-refractivity contribution in [2.45, 2.75) is 6.92 Å². The van der Waals surface area contributed by atoms with Gasteiger partial charge in [-0.05, 0) is 34.5 Å². The second kappa shape index (κ2) is 3.62. The zero-order chi connectivity index (χ0) is 11.0. The Morgan fingerprint density at radius 1 is 1.47 bits per heavy atom. The minimum Gasteiger partial charge on any atom is -0.397 e. The number of aromatic nitrogens is 4. The highest BCUT2D eigenvalue weighted by Crippen LogP contribution is 2.28. The summed E-state index contributed by atoms with van der Waals surface area (Å²) in [6, 6.07) is 1.88. The SMILES string of the molecule is Cc1cnc(-c2c(Br)nnn2C)c(N)c1. The largest absolute Gasteiger partial charge is 0.397 e. The molecule has 6 heteroatoms. The number of anilines is 1. The molecule has 0 aromatic carbocycles. The standard InChI is InChI=1S/C9H10BrN5/c1-5-3-6(11)7(12-4-5)8-9(10)13-14-15(8)2/h3-4H,11H2,1-2H3. The van der Waals surface area contributed by atoms with Crippen molar-refractivity contribution in [1.82, 2.24) is 20.0 Å². The van der Waals surface area contributed by atoms with E-state index in [1.165, 1.54) is 0 Å². The summed E-state index contributed by atoms with van der Waals surface area (Å²) in [5, 5.41) is 7.77. The van der Waals surface area contributed by atoms with E-state index in [9.17, 15) is 0 Å². The summed E-state index contributed by atoms with van der Waals surface area (Å²) in [4.78, 5) is 4.29. The normalized spacial score (nSPS) is 10.6. The van der Waals surface area contributed by atoms with E-state index in [0.29, 0.717) is 16.0 Å². The number of pyridine rings is 1. The molecular formula is C9H10BrN5. The number of nitrogens with zero attached hydrogens (tertiary/aromatic N) is 4. The summed E-state index contributed by atoms with van der Waals surface area (Å²) < 4.78 is 2.28. The molecule has 0 aliphatic heterocycles. The number of hydrogen-bond acceptors (Lipinski definition) is 4. The molecular weight excluding hydrogens is 258 g/mol. The van der Waals surface area contributed by atoms with Gasteiger partial charge in [0.25, 0.3) is 0 Å². The van der Waals surface area contributed by atoms with Crippen LogP contribution in [-0.4, -0.2) is 20.0 Å². The first-order chi connectivity index (χ1) is 7.09. The molecule has 0 aliphatic carbocycles. The van der Waals surface area contributed by atoms with E-state index in [1.54, 1.807) is 17.9 Å². The van der Waals surface area contributed by atoms with Gasteiger partial charge in [0.1, 0.15) is 11.4 Å². The van der Waals surface area contributed by atoms with Crippen molar-refractivity contribution in [3.05, 3.63) is 22.4 Å². The van der Waals surface area contributed by atoms with E-state index in [1.807, 2.05) is 13.0 Å². The van der Waals surface area contributed by atoms with E-state index in [4.69, 9.17) is 5.73 Å². The van der Waals surface area contributed by atoms with Crippen LogP contribution < -0.4 is 5.73 Å². The van der Waals surface area contributed by atoms with Gasteiger partial charge in [0.05, 0.1) is 5.69 Å². The molecule has 0 aliphatic rings. The van der Waals surface area contributed by atoms with Crippen LogP contribution in [0, 0.1) is 6.92 Å². The van der Waals surface area contributed by atoms with E-state index < -0.39 is 0 Å². The van der Waals surface area contributed by atoms with Gasteiger partial charge in [-0.2, -0.15) is 0 Å². The van der Waals surface area contributed by atoms with Crippen LogP contribution in [0.2, 0.25) is 0 Å². The Balaban J connectivity index is 2.64. The summed E-state index contributed by atoms with van der Waals surface area (Å²) >= 11 is 3.32. The molecule has 15 heavy (non-hydrogen) atoms. The minimum atomic E-state index is 0.626. The average molecular weight is 268 g/mol. The molecule has 78 valence electrons. The fourth-order valence-electron chi connectivity index (χ4n) is 1.37. The molecule has 0 spiro atoms. The van der Waals surface area contributed by atoms with Gasteiger partial charge in [0.2, 0.25) is 0 Å². The predicted octanol–water partition coefficient (Wildman–Crippen LogP) is 1.53. The highest BCUT2D eigenvalue weighted by Gasteiger charge is 2.14. The van der Waals surface area contributed by atoms with E-state index in [0.717, 1.165) is 11.3 Å². The van der Waals surface area contributed by atoms with E-state index in [2.05, 4.69) is 31.2 Å². The van der Waals surface area contributed by atoms with Crippen molar-refractivity contribution < 1.29 is 0 Å². The van der Waals surface area contributed by atoms with Crippen LogP contribution in [0.15, 0.2) is 16.9 Å². The quantitative estimate of drug-likeness (QED) is 0.851. The lowest BCUT2D eigenvalue weighted by atomic mass is 10.2. The van der Waals surface area contributed by atoms with Gasteiger partial charge in [-0.25, -0.2) is 4.68 Å². The molecule has 2 N–H and O–H groups in total. The average Bonchev–Trinajstić information content (AvgIpc) is 2.48. The summed E-state index contributed by atoms with van der Waals surface area (Å²) in [6.45, 7) is 1.95. The van der Waals surface area contributed by atoms with Crippen LogP contribution >= 0.6 is 15.9 Å². The fourth-order valence-corrected chi connectivity index (χ4v) is 1.89. The maximum atomic E-state index is 5.90. The van der Waals surface area contributed by atoms with Crippen molar-refractivity contribution in [3.8, 4) is 11.4 Å². The van der Waals surface area contributed by atoms with Crippen LogP contribution in [0.4, 0.5) is 5.69 Å². The van der Waals surface area contributed by atoms with Crippen LogP contribution in [0.25, 0.3) is 11.4 Å². The van der Waals surface area contributed by atoms with Crippen molar-refractivity contribution in [2.75, 3.05) is 5.73 Å². The molecule has 0 unspecified atom stereocenters. The molecule has 0 atom stereocenters. The second-order valence-electron chi connectivity index (χ2n) is 3.30. The number of halogens is 1. The lowest BCUT2D eigenvalue weighted by molar-refractivity contribution is 0.718. The van der Waals surface area contributed by atoms with Crippen molar-refractivity contribution in [1.29, 1.82) is 0 Å². The van der Waals surface area contributed by atoms with Crippen molar-refractivity contribution in [2.24, 2.45) is 7.05 Å². The molecule has 0 amide bonds. The lowest BCUT2D eigenvalue weighted by Crippen LogP contribution is -2.00. The third-order valence-electron chi connectivity index (χ3n) is 2.06. The van der Waals surface area contributed by atoms with Gasteiger partial charge in [-0.3, -0.25) is 4.98 Å². The first-order valence-corrected chi connectivity index (χ1v) is 5.16. The molecule has 0 fully saturated rings. The molecule has 2 rings (SSSR count). The smallest absolute Gasteiger partial charge is 0.158 e. The molecule has 0 saturated carbocycles. The van der Waals surface area contributed by atoms with E-state index in [-0.39, 0.29) is 0 Å². The Kier molecular flexibility index (Phi) is 2.44. The Hall–Kier alpha value is -1.43. The third kappa shape index (κ3) is 1.72. The fraction of sp³-hybridized carbons (Fsp3) is 0.222. The second-order valence-corrected chi connectivity index (χ2v) is 4.05. The number of aryl methyl sites for hydroxylation is 2. The molecule has 0 radical (unpaired) electrons. The zero-order valence-corrected chi connectivity index (χ0v) is 9.98. The van der Waals surface area contributed by atoms with Crippen LogP contribution in [0.5, 0.6) is 0 Å². The number of hydrogen-bond donors (Lipinski definition) is 1. The van der Waals surface area contributed by atoms with Gasteiger partial charge in [-0.1, -0.05) is 5.21 Å². The Morgan fingerprint density at radius 2 is 2.20 bits per heavy atom. The predicted molar refractivity (Wildman–Crippen MR) is 61.1 cm³/mol. The van der Waals surface area contributed by atoms with Gasteiger partial charge in [0, 0.05) is 13.2 Å². The zero-order valence-electron chi connectivity index (χ0n) is 8.40. The van der Waals surface area contributed by atoms with Gasteiger partial charge < -0.3 is 5.73 Å². The van der Waals surface area contributed by atoms with E-state index >= 15 is 0 Å². The molecule has 0 bridgehead atoms. The summed E-state index contributed by atoms with van der Waals surface area (Å²) in [6.07, 6.45) is 1.77. The molecule has 0 saturated heterocycles. The van der Waals surface area contributed by atoms with Crippen LogP contribution in [-0.2, 0) is 7.05 Å². The van der Waals surface area contributed by atoms with Crippen LogP contribution in [0.3, 0.4) is 0 Å². The first-order valence-electron chi connectivity index (χ1n) is 4.37. The number of nitrogens with two attached hydrogens (primary N) is 1. The minimum absolute atomic E-state index is 0.626. The summed E-state index contributed by atoms with van der Waals surface area (Å²) in [5.74, 6) is 0. The first kappa shape index (κ1) is 10.1. The highest BCUT2D eigenvalue weighted by molar-refractivity contribution is 9.10. The highest BCUT2D eigenvalue weighted by atomic mass is 79.9.